The van der Waals surface area contributed by atoms with Crippen LogP contribution in [-0.2, 0) is 11.3 Å². The predicted octanol–water partition coefficient (Wildman–Crippen LogP) is 2.18. The van der Waals surface area contributed by atoms with Crippen LogP contribution < -0.4 is 5.32 Å². The summed E-state index contributed by atoms with van der Waals surface area (Å²) in [6, 6.07) is 1.73. The standard InChI is InChI=1S/C9H8ClN3O3S/c1-15-8(14)6-7(10)13-9(17-6)11-4-5-2-3-12-16-5/h2-3H,4H2,1H3,(H,11,13). The first-order valence-corrected chi connectivity index (χ1v) is 5.78. The summed E-state index contributed by atoms with van der Waals surface area (Å²) in [5, 5.41) is 7.18. The van der Waals surface area contributed by atoms with E-state index in [0.29, 0.717) is 17.4 Å². The largest absolute Gasteiger partial charge is 0.465 e. The van der Waals surface area contributed by atoms with E-state index >= 15 is 0 Å². The lowest BCUT2D eigenvalue weighted by Crippen LogP contribution is -1.98. The number of anilines is 1. The third kappa shape index (κ3) is 2.75. The Kier molecular flexibility index (Phi) is 3.60. The van der Waals surface area contributed by atoms with Crippen LogP contribution in [0.5, 0.6) is 0 Å². The Morgan fingerprint density at radius 3 is 3.18 bits per heavy atom. The molecule has 0 radical (unpaired) electrons. The molecule has 0 aliphatic heterocycles. The molecule has 0 aromatic carbocycles. The molecule has 0 aliphatic rings. The molecular weight excluding hydrogens is 266 g/mol. The fourth-order valence-corrected chi connectivity index (χ4v) is 2.19. The van der Waals surface area contributed by atoms with Gasteiger partial charge in [0.25, 0.3) is 0 Å². The molecule has 2 rings (SSSR count). The zero-order valence-corrected chi connectivity index (χ0v) is 10.3. The zero-order valence-electron chi connectivity index (χ0n) is 8.77. The zero-order chi connectivity index (χ0) is 12.3. The van der Waals surface area contributed by atoms with Crippen molar-refractivity contribution in [1.29, 1.82) is 0 Å². The number of hydrogen-bond acceptors (Lipinski definition) is 7. The molecule has 0 amide bonds. The number of carbonyl (C=O) groups is 1. The van der Waals surface area contributed by atoms with Gasteiger partial charge in [-0.3, -0.25) is 0 Å². The molecule has 1 N–H and O–H groups in total. The minimum atomic E-state index is -0.500. The number of carbonyl (C=O) groups excluding carboxylic acids is 1. The van der Waals surface area contributed by atoms with Gasteiger partial charge < -0.3 is 14.6 Å². The van der Waals surface area contributed by atoms with Crippen molar-refractivity contribution >= 4 is 34.0 Å². The van der Waals surface area contributed by atoms with E-state index in [0.717, 1.165) is 11.3 Å². The lowest BCUT2D eigenvalue weighted by Gasteiger charge is -1.96. The summed E-state index contributed by atoms with van der Waals surface area (Å²) in [7, 11) is 1.29. The lowest BCUT2D eigenvalue weighted by molar-refractivity contribution is 0.0606. The number of halogens is 1. The summed E-state index contributed by atoms with van der Waals surface area (Å²) in [4.78, 5) is 15.5. The van der Waals surface area contributed by atoms with Crippen LogP contribution in [0.25, 0.3) is 0 Å². The van der Waals surface area contributed by atoms with Crippen molar-refractivity contribution in [3.63, 3.8) is 0 Å². The SMILES string of the molecule is COC(=O)c1sc(NCc2ccno2)nc1Cl. The molecule has 8 heteroatoms. The Morgan fingerprint density at radius 2 is 2.53 bits per heavy atom. The first-order valence-electron chi connectivity index (χ1n) is 4.58. The molecule has 6 nitrogen and oxygen atoms in total. The van der Waals surface area contributed by atoms with Gasteiger partial charge in [-0.2, -0.15) is 0 Å². The van der Waals surface area contributed by atoms with Crippen LogP contribution in [0.3, 0.4) is 0 Å². The molecule has 0 saturated carbocycles. The Labute approximate surface area is 106 Å². The molecule has 0 unspecified atom stereocenters. The maximum atomic E-state index is 11.3. The average molecular weight is 274 g/mol. The van der Waals surface area contributed by atoms with Gasteiger partial charge in [-0.25, -0.2) is 9.78 Å². The molecular formula is C9H8ClN3O3S. The van der Waals surface area contributed by atoms with Gasteiger partial charge in [-0.05, 0) is 0 Å². The van der Waals surface area contributed by atoms with Crippen molar-refractivity contribution in [3.05, 3.63) is 28.1 Å². The fourth-order valence-electron chi connectivity index (χ4n) is 1.09. The molecule has 0 aliphatic carbocycles. The van der Waals surface area contributed by atoms with Gasteiger partial charge in [-0.1, -0.05) is 28.1 Å². The Morgan fingerprint density at radius 1 is 1.71 bits per heavy atom. The minimum Gasteiger partial charge on any atom is -0.465 e. The highest BCUT2D eigenvalue weighted by molar-refractivity contribution is 7.18. The normalized spacial score (nSPS) is 10.2. The monoisotopic (exact) mass is 273 g/mol. The van der Waals surface area contributed by atoms with Crippen LogP contribution in [-0.4, -0.2) is 23.2 Å². The topological polar surface area (TPSA) is 77.2 Å². The number of esters is 1. The number of nitrogens with one attached hydrogen (secondary N) is 1. The second-order valence-electron chi connectivity index (χ2n) is 2.96. The highest BCUT2D eigenvalue weighted by Gasteiger charge is 2.17. The molecule has 0 saturated heterocycles. The summed E-state index contributed by atoms with van der Waals surface area (Å²) >= 11 is 6.93. The lowest BCUT2D eigenvalue weighted by atomic mass is 10.5. The van der Waals surface area contributed by atoms with Gasteiger partial charge in [-0.15, -0.1) is 0 Å². The Bertz CT molecular complexity index is 512. The number of ether oxygens (including phenoxy) is 1. The van der Waals surface area contributed by atoms with Crippen molar-refractivity contribution in [2.24, 2.45) is 0 Å². The maximum absolute atomic E-state index is 11.3. The molecule has 0 spiro atoms. The van der Waals surface area contributed by atoms with Crippen LogP contribution >= 0.6 is 22.9 Å². The van der Waals surface area contributed by atoms with Crippen LogP contribution in [0.1, 0.15) is 15.4 Å². The van der Waals surface area contributed by atoms with Gasteiger partial charge in [0.15, 0.2) is 20.9 Å². The minimum absolute atomic E-state index is 0.127. The van der Waals surface area contributed by atoms with Crippen molar-refractivity contribution in [2.75, 3.05) is 12.4 Å². The van der Waals surface area contributed by atoms with E-state index in [4.69, 9.17) is 16.1 Å². The van der Waals surface area contributed by atoms with E-state index in [1.54, 1.807) is 12.3 Å². The van der Waals surface area contributed by atoms with E-state index in [1.165, 1.54) is 7.11 Å². The van der Waals surface area contributed by atoms with Crippen molar-refractivity contribution in [1.82, 2.24) is 10.1 Å². The van der Waals surface area contributed by atoms with Gasteiger partial charge in [0.05, 0.1) is 19.9 Å². The third-order valence-corrected chi connectivity index (χ3v) is 3.24. The number of aromatic nitrogens is 2. The Hall–Kier alpha value is -1.60. The molecule has 2 aromatic rings. The van der Waals surface area contributed by atoms with E-state index in [-0.39, 0.29) is 10.0 Å². The van der Waals surface area contributed by atoms with Crippen LogP contribution in [0.15, 0.2) is 16.8 Å². The van der Waals surface area contributed by atoms with Crippen molar-refractivity contribution < 1.29 is 14.1 Å². The molecule has 90 valence electrons. The molecule has 17 heavy (non-hydrogen) atoms. The molecule has 0 fully saturated rings. The average Bonchev–Trinajstić information content (AvgIpc) is 2.94. The highest BCUT2D eigenvalue weighted by Crippen LogP contribution is 2.27. The number of hydrogen-bond donors (Lipinski definition) is 1. The second kappa shape index (κ2) is 5.15. The van der Waals surface area contributed by atoms with Gasteiger partial charge in [0, 0.05) is 6.07 Å². The van der Waals surface area contributed by atoms with E-state index in [9.17, 15) is 4.79 Å². The second-order valence-corrected chi connectivity index (χ2v) is 4.32. The molecule has 2 heterocycles. The first kappa shape index (κ1) is 11.9. The van der Waals surface area contributed by atoms with E-state index in [2.05, 4.69) is 20.2 Å². The highest BCUT2D eigenvalue weighted by atomic mass is 35.5. The number of rotatable bonds is 4. The van der Waals surface area contributed by atoms with Crippen LogP contribution in [0.2, 0.25) is 5.15 Å². The molecule has 2 aromatic heterocycles. The van der Waals surface area contributed by atoms with Crippen LogP contribution in [0.4, 0.5) is 5.13 Å². The smallest absolute Gasteiger partial charge is 0.351 e. The van der Waals surface area contributed by atoms with Gasteiger partial charge in [0.2, 0.25) is 0 Å². The van der Waals surface area contributed by atoms with Crippen LogP contribution in [0, 0.1) is 0 Å². The third-order valence-electron chi connectivity index (χ3n) is 1.86. The summed E-state index contributed by atoms with van der Waals surface area (Å²) in [6.45, 7) is 0.421. The fraction of sp³-hybridized carbons (Fsp3) is 0.222. The molecule has 0 atom stereocenters. The van der Waals surface area contributed by atoms with Crippen molar-refractivity contribution in [3.8, 4) is 0 Å². The van der Waals surface area contributed by atoms with E-state index < -0.39 is 5.97 Å². The summed E-state index contributed by atoms with van der Waals surface area (Å²) in [5.41, 5.74) is 0. The first-order chi connectivity index (χ1) is 8.20. The molecule has 0 bridgehead atoms. The quantitative estimate of drug-likeness (QED) is 0.861. The maximum Gasteiger partial charge on any atom is 0.351 e. The number of methoxy groups -OCH3 is 1. The Balaban J connectivity index is 2.05. The summed E-state index contributed by atoms with van der Waals surface area (Å²) < 4.78 is 9.47. The summed E-state index contributed by atoms with van der Waals surface area (Å²) in [6.07, 6.45) is 1.55. The number of thiazole rings is 1. The van der Waals surface area contributed by atoms with Gasteiger partial charge in [0.1, 0.15) is 0 Å². The van der Waals surface area contributed by atoms with E-state index in [1.807, 2.05) is 0 Å². The summed E-state index contributed by atoms with van der Waals surface area (Å²) in [5.74, 6) is 0.163. The van der Waals surface area contributed by atoms with Crippen molar-refractivity contribution in [2.45, 2.75) is 6.54 Å². The van der Waals surface area contributed by atoms with Gasteiger partial charge >= 0.3 is 5.97 Å². The predicted molar refractivity (Wildman–Crippen MR) is 62.3 cm³/mol. The number of nitrogens with zero attached hydrogens (tertiary/aromatic N) is 2.